The zero-order valence-electron chi connectivity index (χ0n) is 13.3. The third kappa shape index (κ3) is 6.22. The molecule has 0 unspecified atom stereocenters. The third-order valence-corrected chi connectivity index (χ3v) is 3.70. The summed E-state index contributed by atoms with van der Waals surface area (Å²) in [6, 6.07) is 4.62. The van der Waals surface area contributed by atoms with Crippen LogP contribution in [0.5, 0.6) is 0 Å². The number of aryl methyl sites for hydroxylation is 3. The Morgan fingerprint density at radius 3 is 2.26 bits per heavy atom. The quantitative estimate of drug-likeness (QED) is 0.740. The fourth-order valence-corrected chi connectivity index (χ4v) is 2.31. The fourth-order valence-electron chi connectivity index (χ4n) is 2.31. The van der Waals surface area contributed by atoms with Crippen molar-refractivity contribution in [3.63, 3.8) is 0 Å². The molecule has 0 saturated heterocycles. The Morgan fingerprint density at radius 2 is 1.63 bits per heavy atom. The van der Waals surface area contributed by atoms with Crippen LogP contribution in [0.1, 0.15) is 48.9 Å². The van der Waals surface area contributed by atoms with E-state index >= 15 is 0 Å². The van der Waals surface area contributed by atoms with E-state index in [1.807, 2.05) is 0 Å². The number of nitrogens with two attached hydrogens (primary N) is 1. The Labute approximate surface area is 118 Å². The molecule has 0 aliphatic rings. The molecule has 108 valence electrons. The third-order valence-electron chi connectivity index (χ3n) is 3.70. The zero-order chi connectivity index (χ0) is 14.5. The van der Waals surface area contributed by atoms with Gasteiger partial charge in [-0.25, -0.2) is 0 Å². The van der Waals surface area contributed by atoms with Crippen molar-refractivity contribution in [3.8, 4) is 0 Å². The van der Waals surface area contributed by atoms with Gasteiger partial charge in [0.25, 0.3) is 0 Å². The normalized spacial score (nSPS) is 11.9. The van der Waals surface area contributed by atoms with Gasteiger partial charge in [-0.2, -0.15) is 0 Å². The maximum atomic E-state index is 5.96. The highest BCUT2D eigenvalue weighted by Crippen LogP contribution is 2.15. The Balaban J connectivity index is 2.28. The van der Waals surface area contributed by atoms with Gasteiger partial charge in [0.1, 0.15) is 0 Å². The second kappa shape index (κ2) is 7.06. The van der Waals surface area contributed by atoms with E-state index in [0.29, 0.717) is 0 Å². The van der Waals surface area contributed by atoms with E-state index in [1.165, 1.54) is 22.3 Å². The maximum Gasteiger partial charge on any atom is 0.00975 e. The SMILES string of the molecule is Cc1cc(C)c(CCNCCCC(C)(C)N)cc1C. The number of hydrogen-bond acceptors (Lipinski definition) is 2. The number of hydrogen-bond donors (Lipinski definition) is 2. The molecule has 19 heavy (non-hydrogen) atoms. The van der Waals surface area contributed by atoms with E-state index in [9.17, 15) is 0 Å². The minimum Gasteiger partial charge on any atom is -0.326 e. The molecular formula is C17H30N2. The van der Waals surface area contributed by atoms with Gasteiger partial charge >= 0.3 is 0 Å². The first-order chi connectivity index (χ1) is 8.79. The molecule has 1 aromatic carbocycles. The molecule has 0 fully saturated rings. The molecule has 0 amide bonds. The molecule has 0 saturated carbocycles. The van der Waals surface area contributed by atoms with Crippen molar-refractivity contribution in [1.82, 2.24) is 5.32 Å². The van der Waals surface area contributed by atoms with Gasteiger partial charge in [0, 0.05) is 5.54 Å². The first-order valence-electron chi connectivity index (χ1n) is 7.36. The molecule has 2 nitrogen and oxygen atoms in total. The summed E-state index contributed by atoms with van der Waals surface area (Å²) in [4.78, 5) is 0. The highest BCUT2D eigenvalue weighted by atomic mass is 14.8. The molecule has 0 radical (unpaired) electrons. The number of rotatable bonds is 7. The van der Waals surface area contributed by atoms with Crippen LogP contribution in [0, 0.1) is 20.8 Å². The summed E-state index contributed by atoms with van der Waals surface area (Å²) in [5, 5.41) is 3.51. The Morgan fingerprint density at radius 1 is 1.00 bits per heavy atom. The molecule has 3 N–H and O–H groups in total. The summed E-state index contributed by atoms with van der Waals surface area (Å²) >= 11 is 0. The molecule has 0 aliphatic carbocycles. The van der Waals surface area contributed by atoms with Crippen LogP contribution in [0.2, 0.25) is 0 Å². The molecule has 0 aromatic heterocycles. The lowest BCUT2D eigenvalue weighted by Crippen LogP contribution is -2.33. The van der Waals surface area contributed by atoms with Crippen molar-refractivity contribution in [2.45, 2.75) is 59.4 Å². The summed E-state index contributed by atoms with van der Waals surface area (Å²) in [6.07, 6.45) is 3.33. The minimum atomic E-state index is -0.0354. The Hall–Kier alpha value is -0.860. The Bertz CT molecular complexity index is 402. The van der Waals surface area contributed by atoms with Gasteiger partial charge in [0.2, 0.25) is 0 Å². The predicted molar refractivity (Wildman–Crippen MR) is 84.7 cm³/mol. The molecule has 1 rings (SSSR count). The van der Waals surface area contributed by atoms with E-state index in [2.05, 4.69) is 52.1 Å². The Kier molecular flexibility index (Phi) is 6.02. The van der Waals surface area contributed by atoms with Crippen LogP contribution in [0.3, 0.4) is 0 Å². The van der Waals surface area contributed by atoms with Crippen molar-refractivity contribution in [2.75, 3.05) is 13.1 Å². The molecule has 1 aromatic rings. The molecular weight excluding hydrogens is 232 g/mol. The fraction of sp³-hybridized carbons (Fsp3) is 0.647. The largest absolute Gasteiger partial charge is 0.326 e. The highest BCUT2D eigenvalue weighted by molar-refractivity contribution is 5.36. The van der Waals surface area contributed by atoms with Crippen LogP contribution < -0.4 is 11.1 Å². The lowest BCUT2D eigenvalue weighted by atomic mass is 9.98. The maximum absolute atomic E-state index is 5.96. The molecule has 0 bridgehead atoms. The van der Waals surface area contributed by atoms with E-state index in [0.717, 1.165) is 32.4 Å². The van der Waals surface area contributed by atoms with Crippen LogP contribution in [0.4, 0.5) is 0 Å². The lowest BCUT2D eigenvalue weighted by Gasteiger charge is -2.18. The number of nitrogens with one attached hydrogen (secondary N) is 1. The standard InChI is InChI=1S/C17H30N2/c1-13-11-15(3)16(12-14(13)2)7-10-19-9-6-8-17(4,5)18/h11-12,19H,6-10,18H2,1-5H3. The smallest absolute Gasteiger partial charge is 0.00975 e. The first-order valence-corrected chi connectivity index (χ1v) is 7.36. The van der Waals surface area contributed by atoms with E-state index in [-0.39, 0.29) is 5.54 Å². The highest BCUT2D eigenvalue weighted by Gasteiger charge is 2.09. The van der Waals surface area contributed by atoms with Crippen molar-refractivity contribution >= 4 is 0 Å². The van der Waals surface area contributed by atoms with Crippen molar-refractivity contribution < 1.29 is 0 Å². The van der Waals surface area contributed by atoms with Crippen LogP contribution >= 0.6 is 0 Å². The molecule has 0 heterocycles. The summed E-state index contributed by atoms with van der Waals surface area (Å²) < 4.78 is 0. The average Bonchev–Trinajstić information content (AvgIpc) is 2.28. The summed E-state index contributed by atoms with van der Waals surface area (Å²) in [7, 11) is 0. The molecule has 0 aliphatic heterocycles. The number of benzene rings is 1. The van der Waals surface area contributed by atoms with Crippen LogP contribution in [-0.2, 0) is 6.42 Å². The van der Waals surface area contributed by atoms with Crippen molar-refractivity contribution in [1.29, 1.82) is 0 Å². The minimum absolute atomic E-state index is 0.0354. The van der Waals surface area contributed by atoms with E-state index in [4.69, 9.17) is 5.73 Å². The van der Waals surface area contributed by atoms with Gasteiger partial charge in [-0.1, -0.05) is 12.1 Å². The van der Waals surface area contributed by atoms with Crippen LogP contribution in [0.25, 0.3) is 0 Å². The monoisotopic (exact) mass is 262 g/mol. The average molecular weight is 262 g/mol. The summed E-state index contributed by atoms with van der Waals surface area (Å²) in [5.74, 6) is 0. The summed E-state index contributed by atoms with van der Waals surface area (Å²) in [6.45, 7) is 12.9. The second-order valence-electron chi connectivity index (χ2n) is 6.46. The van der Waals surface area contributed by atoms with Gasteiger partial charge in [-0.15, -0.1) is 0 Å². The van der Waals surface area contributed by atoms with E-state index in [1.54, 1.807) is 0 Å². The van der Waals surface area contributed by atoms with Gasteiger partial charge in [-0.05, 0) is 89.2 Å². The van der Waals surface area contributed by atoms with Gasteiger partial charge in [-0.3, -0.25) is 0 Å². The van der Waals surface area contributed by atoms with Crippen LogP contribution in [0.15, 0.2) is 12.1 Å². The molecule has 0 atom stereocenters. The molecule has 0 spiro atoms. The van der Waals surface area contributed by atoms with Crippen LogP contribution in [-0.4, -0.2) is 18.6 Å². The topological polar surface area (TPSA) is 38.0 Å². The van der Waals surface area contributed by atoms with Gasteiger partial charge in [0.15, 0.2) is 0 Å². The van der Waals surface area contributed by atoms with Crippen molar-refractivity contribution in [3.05, 3.63) is 34.4 Å². The second-order valence-corrected chi connectivity index (χ2v) is 6.46. The molecule has 2 heteroatoms. The summed E-state index contributed by atoms with van der Waals surface area (Å²) in [5.41, 5.74) is 11.6. The predicted octanol–water partition coefficient (Wildman–Crippen LogP) is 3.26. The first kappa shape index (κ1) is 16.2. The van der Waals surface area contributed by atoms with Crippen molar-refractivity contribution in [2.24, 2.45) is 5.73 Å². The van der Waals surface area contributed by atoms with E-state index < -0.39 is 0 Å². The van der Waals surface area contributed by atoms with Gasteiger partial charge in [0.05, 0.1) is 0 Å². The van der Waals surface area contributed by atoms with Gasteiger partial charge < -0.3 is 11.1 Å². The zero-order valence-corrected chi connectivity index (χ0v) is 13.3. The lowest BCUT2D eigenvalue weighted by molar-refractivity contribution is 0.449.